The summed E-state index contributed by atoms with van der Waals surface area (Å²) in [4.78, 5) is 11.5. The molecule has 21 heavy (non-hydrogen) atoms. The number of hydrogen-bond acceptors (Lipinski definition) is 3. The molecule has 0 aliphatic carbocycles. The van der Waals surface area contributed by atoms with E-state index in [0.717, 1.165) is 18.7 Å². The van der Waals surface area contributed by atoms with Crippen molar-refractivity contribution in [3.8, 4) is 0 Å². The van der Waals surface area contributed by atoms with Crippen LogP contribution in [0.25, 0.3) is 0 Å². The minimum atomic E-state index is -0.105. The van der Waals surface area contributed by atoms with E-state index in [1.54, 1.807) is 6.07 Å². The third-order valence-electron chi connectivity index (χ3n) is 3.57. The van der Waals surface area contributed by atoms with E-state index in [0.29, 0.717) is 29.6 Å². The molecule has 1 aromatic carbocycles. The quantitative estimate of drug-likeness (QED) is 0.892. The summed E-state index contributed by atoms with van der Waals surface area (Å²) >= 11 is 12.1. The molecule has 0 spiro atoms. The van der Waals surface area contributed by atoms with Crippen molar-refractivity contribution in [2.45, 2.75) is 19.4 Å². The first-order valence-corrected chi connectivity index (χ1v) is 7.91. The van der Waals surface area contributed by atoms with Gasteiger partial charge in [-0.15, -0.1) is 0 Å². The monoisotopic (exact) mass is 330 g/mol. The van der Waals surface area contributed by atoms with Gasteiger partial charge < -0.3 is 15.4 Å². The van der Waals surface area contributed by atoms with Gasteiger partial charge in [0.05, 0.1) is 22.8 Å². The molecule has 0 aromatic heterocycles. The molecule has 0 radical (unpaired) electrons. The predicted molar refractivity (Wildman–Crippen MR) is 84.8 cm³/mol. The molecule has 1 aliphatic rings. The van der Waals surface area contributed by atoms with Gasteiger partial charge in [0.1, 0.15) is 0 Å². The lowest BCUT2D eigenvalue weighted by Crippen LogP contribution is -2.36. The van der Waals surface area contributed by atoms with Gasteiger partial charge in [-0.05, 0) is 17.7 Å². The Bertz CT molecular complexity index is 497. The second-order valence-corrected chi connectivity index (χ2v) is 5.90. The summed E-state index contributed by atoms with van der Waals surface area (Å²) in [7, 11) is 0. The van der Waals surface area contributed by atoms with E-state index in [2.05, 4.69) is 10.6 Å². The zero-order valence-corrected chi connectivity index (χ0v) is 13.5. The Balaban J connectivity index is 2.14. The lowest BCUT2D eigenvalue weighted by molar-refractivity contribution is -0.121. The molecular weight excluding hydrogens is 311 g/mol. The molecule has 1 heterocycles. The zero-order chi connectivity index (χ0) is 15.2. The van der Waals surface area contributed by atoms with Gasteiger partial charge in [0.25, 0.3) is 0 Å². The standard InChI is InChI=1S/C15H20Cl2N2O2/c1-2-14(20)19-9-11-8-18-5-6-21-15(11)10-3-4-12(16)13(17)7-10/h3-4,7,11,15,18H,2,5-6,8-9H2,1H3,(H,19,20). The van der Waals surface area contributed by atoms with Crippen LogP contribution in [-0.2, 0) is 9.53 Å². The maximum absolute atomic E-state index is 11.5. The highest BCUT2D eigenvalue weighted by molar-refractivity contribution is 6.42. The molecular formula is C15H20Cl2N2O2. The molecule has 4 nitrogen and oxygen atoms in total. The highest BCUT2D eigenvalue weighted by Crippen LogP contribution is 2.31. The Morgan fingerprint density at radius 1 is 1.43 bits per heavy atom. The molecule has 2 unspecified atom stereocenters. The number of carbonyl (C=O) groups is 1. The average Bonchev–Trinajstić information content (AvgIpc) is 2.73. The first-order chi connectivity index (χ1) is 10.1. The minimum Gasteiger partial charge on any atom is -0.372 e. The Labute approximate surface area is 135 Å². The highest BCUT2D eigenvalue weighted by Gasteiger charge is 2.26. The number of carbonyl (C=O) groups excluding carboxylic acids is 1. The van der Waals surface area contributed by atoms with Gasteiger partial charge in [-0.2, -0.15) is 0 Å². The van der Waals surface area contributed by atoms with Crippen molar-refractivity contribution in [1.82, 2.24) is 10.6 Å². The first-order valence-electron chi connectivity index (χ1n) is 7.15. The van der Waals surface area contributed by atoms with Crippen molar-refractivity contribution in [2.75, 3.05) is 26.2 Å². The average molecular weight is 331 g/mol. The van der Waals surface area contributed by atoms with E-state index in [1.165, 1.54) is 0 Å². The van der Waals surface area contributed by atoms with E-state index in [1.807, 2.05) is 19.1 Å². The summed E-state index contributed by atoms with van der Waals surface area (Å²) in [5.74, 6) is 0.201. The van der Waals surface area contributed by atoms with Gasteiger partial charge in [0, 0.05) is 32.0 Å². The number of ether oxygens (including phenoxy) is 1. The van der Waals surface area contributed by atoms with Crippen LogP contribution in [0.2, 0.25) is 10.0 Å². The predicted octanol–water partition coefficient (Wildman–Crippen LogP) is 2.80. The topological polar surface area (TPSA) is 50.4 Å². The van der Waals surface area contributed by atoms with Gasteiger partial charge in [0.2, 0.25) is 5.91 Å². The summed E-state index contributed by atoms with van der Waals surface area (Å²) in [5.41, 5.74) is 0.990. The van der Waals surface area contributed by atoms with Gasteiger partial charge in [-0.1, -0.05) is 36.2 Å². The summed E-state index contributed by atoms with van der Waals surface area (Å²) in [6, 6.07) is 5.55. The van der Waals surface area contributed by atoms with Crippen LogP contribution in [0, 0.1) is 5.92 Å². The molecule has 0 saturated carbocycles. The third-order valence-corrected chi connectivity index (χ3v) is 4.30. The van der Waals surface area contributed by atoms with Crippen molar-refractivity contribution in [1.29, 1.82) is 0 Å². The maximum Gasteiger partial charge on any atom is 0.219 e. The fourth-order valence-corrected chi connectivity index (χ4v) is 2.70. The van der Waals surface area contributed by atoms with Crippen LogP contribution in [0.5, 0.6) is 0 Å². The van der Waals surface area contributed by atoms with Crippen LogP contribution in [0.15, 0.2) is 18.2 Å². The van der Waals surface area contributed by atoms with Crippen molar-refractivity contribution in [3.05, 3.63) is 33.8 Å². The molecule has 0 bridgehead atoms. The second-order valence-electron chi connectivity index (χ2n) is 5.09. The lowest BCUT2D eigenvalue weighted by atomic mass is 9.95. The Morgan fingerprint density at radius 3 is 2.95 bits per heavy atom. The molecule has 1 saturated heterocycles. The van der Waals surface area contributed by atoms with Crippen molar-refractivity contribution < 1.29 is 9.53 Å². The molecule has 2 atom stereocenters. The van der Waals surface area contributed by atoms with Crippen LogP contribution in [0.4, 0.5) is 0 Å². The van der Waals surface area contributed by atoms with Crippen LogP contribution < -0.4 is 10.6 Å². The Morgan fingerprint density at radius 2 is 2.24 bits per heavy atom. The molecule has 2 rings (SSSR count). The molecule has 1 aliphatic heterocycles. The zero-order valence-electron chi connectivity index (χ0n) is 12.0. The number of benzene rings is 1. The molecule has 1 amide bonds. The van der Waals surface area contributed by atoms with Gasteiger partial charge in [-0.3, -0.25) is 4.79 Å². The fourth-order valence-electron chi connectivity index (χ4n) is 2.40. The number of hydrogen-bond donors (Lipinski definition) is 2. The van der Waals surface area contributed by atoms with Gasteiger partial charge in [-0.25, -0.2) is 0 Å². The Kier molecular flexibility index (Phi) is 6.30. The number of amides is 1. The van der Waals surface area contributed by atoms with Gasteiger partial charge >= 0.3 is 0 Å². The molecule has 2 N–H and O–H groups in total. The molecule has 116 valence electrons. The number of nitrogens with one attached hydrogen (secondary N) is 2. The summed E-state index contributed by atoms with van der Waals surface area (Å²) in [5, 5.41) is 7.32. The summed E-state index contributed by atoms with van der Waals surface area (Å²) in [6.07, 6.45) is 0.380. The normalized spacial score (nSPS) is 22.6. The van der Waals surface area contributed by atoms with Gasteiger partial charge in [0.15, 0.2) is 0 Å². The SMILES string of the molecule is CCC(=O)NCC1CNCCOC1c1ccc(Cl)c(Cl)c1. The van der Waals surface area contributed by atoms with Crippen LogP contribution in [0.3, 0.4) is 0 Å². The highest BCUT2D eigenvalue weighted by atomic mass is 35.5. The third kappa shape index (κ3) is 4.58. The number of halogens is 2. The maximum atomic E-state index is 11.5. The minimum absolute atomic E-state index is 0.0483. The largest absolute Gasteiger partial charge is 0.372 e. The molecule has 1 fully saturated rings. The van der Waals surface area contributed by atoms with Crippen LogP contribution in [-0.4, -0.2) is 32.1 Å². The smallest absolute Gasteiger partial charge is 0.219 e. The van der Waals surface area contributed by atoms with Crippen molar-refractivity contribution >= 4 is 29.1 Å². The molecule has 1 aromatic rings. The number of rotatable bonds is 4. The summed E-state index contributed by atoms with van der Waals surface area (Å²) < 4.78 is 5.95. The van der Waals surface area contributed by atoms with Crippen molar-refractivity contribution in [2.24, 2.45) is 5.92 Å². The first kappa shape index (κ1) is 16.6. The van der Waals surface area contributed by atoms with E-state index < -0.39 is 0 Å². The van der Waals surface area contributed by atoms with E-state index in [4.69, 9.17) is 27.9 Å². The lowest BCUT2D eigenvalue weighted by Gasteiger charge is -2.25. The molecule has 6 heteroatoms. The summed E-state index contributed by atoms with van der Waals surface area (Å²) in [6.45, 7) is 4.63. The van der Waals surface area contributed by atoms with Crippen LogP contribution >= 0.6 is 23.2 Å². The fraction of sp³-hybridized carbons (Fsp3) is 0.533. The second kappa shape index (κ2) is 7.99. The van der Waals surface area contributed by atoms with E-state index in [-0.39, 0.29) is 17.9 Å². The van der Waals surface area contributed by atoms with Crippen LogP contribution in [0.1, 0.15) is 25.0 Å². The Hall–Kier alpha value is -0.810. The van der Waals surface area contributed by atoms with E-state index in [9.17, 15) is 4.79 Å². The van der Waals surface area contributed by atoms with Crippen molar-refractivity contribution in [3.63, 3.8) is 0 Å². The van der Waals surface area contributed by atoms with E-state index >= 15 is 0 Å².